The van der Waals surface area contributed by atoms with Gasteiger partial charge in [0.25, 0.3) is 0 Å². The molecule has 0 amide bonds. The summed E-state index contributed by atoms with van der Waals surface area (Å²) in [5, 5.41) is 3.37. The number of anilines is 1. The molecule has 1 saturated carbocycles. The van der Waals surface area contributed by atoms with Crippen LogP contribution in [-0.4, -0.2) is 23.1 Å². The van der Waals surface area contributed by atoms with E-state index >= 15 is 0 Å². The van der Waals surface area contributed by atoms with E-state index in [0.717, 1.165) is 31.0 Å². The molecule has 0 saturated heterocycles. The molecule has 1 atom stereocenters. The third kappa shape index (κ3) is 3.90. The second kappa shape index (κ2) is 6.85. The van der Waals surface area contributed by atoms with Crippen LogP contribution >= 0.6 is 0 Å². The van der Waals surface area contributed by atoms with Crippen LogP contribution in [0.4, 0.5) is 5.82 Å². The summed E-state index contributed by atoms with van der Waals surface area (Å²) < 4.78 is 5.74. The van der Waals surface area contributed by atoms with Crippen LogP contribution in [0.15, 0.2) is 6.07 Å². The SMILES string of the molecule is CCCNc1cc(C2CC2)nc(C(CC)OCC)n1. The predicted molar refractivity (Wildman–Crippen MR) is 77.4 cm³/mol. The van der Waals surface area contributed by atoms with E-state index in [0.29, 0.717) is 12.5 Å². The maximum Gasteiger partial charge on any atom is 0.159 e. The molecule has 1 aliphatic rings. The van der Waals surface area contributed by atoms with Crippen molar-refractivity contribution in [1.29, 1.82) is 0 Å². The Labute approximate surface area is 116 Å². The first-order chi connectivity index (χ1) is 9.28. The lowest BCUT2D eigenvalue weighted by atomic mass is 10.2. The zero-order valence-corrected chi connectivity index (χ0v) is 12.3. The minimum atomic E-state index is 0.0193. The van der Waals surface area contributed by atoms with Crippen molar-refractivity contribution in [2.45, 2.75) is 58.5 Å². The van der Waals surface area contributed by atoms with Gasteiger partial charge in [0, 0.05) is 30.8 Å². The summed E-state index contributed by atoms with van der Waals surface area (Å²) in [6.45, 7) is 7.95. The highest BCUT2D eigenvalue weighted by Gasteiger charge is 2.27. The van der Waals surface area contributed by atoms with Crippen LogP contribution in [0.5, 0.6) is 0 Å². The molecule has 1 heterocycles. The molecule has 0 aromatic carbocycles. The van der Waals surface area contributed by atoms with Gasteiger partial charge in [-0.1, -0.05) is 13.8 Å². The fraction of sp³-hybridized carbons (Fsp3) is 0.733. The molecule has 1 aliphatic carbocycles. The highest BCUT2D eigenvalue weighted by Crippen LogP contribution is 2.40. The topological polar surface area (TPSA) is 47.0 Å². The molecule has 2 rings (SSSR count). The van der Waals surface area contributed by atoms with Crippen LogP contribution in [0.3, 0.4) is 0 Å². The van der Waals surface area contributed by atoms with Gasteiger partial charge in [-0.25, -0.2) is 9.97 Å². The van der Waals surface area contributed by atoms with Crippen molar-refractivity contribution in [2.75, 3.05) is 18.5 Å². The van der Waals surface area contributed by atoms with Crippen molar-refractivity contribution in [3.63, 3.8) is 0 Å². The van der Waals surface area contributed by atoms with Gasteiger partial charge < -0.3 is 10.1 Å². The Morgan fingerprint density at radius 3 is 2.68 bits per heavy atom. The number of nitrogens with zero attached hydrogens (tertiary/aromatic N) is 2. The monoisotopic (exact) mass is 263 g/mol. The number of ether oxygens (including phenoxy) is 1. The van der Waals surface area contributed by atoms with E-state index in [9.17, 15) is 0 Å². The largest absolute Gasteiger partial charge is 0.371 e. The van der Waals surface area contributed by atoms with Crippen molar-refractivity contribution in [1.82, 2.24) is 9.97 Å². The maximum absolute atomic E-state index is 5.74. The van der Waals surface area contributed by atoms with Gasteiger partial charge in [0.1, 0.15) is 11.9 Å². The Morgan fingerprint density at radius 1 is 1.32 bits per heavy atom. The van der Waals surface area contributed by atoms with Gasteiger partial charge in [-0.05, 0) is 32.6 Å². The van der Waals surface area contributed by atoms with Crippen LogP contribution in [0.2, 0.25) is 0 Å². The number of rotatable bonds is 8. The number of hydrogen-bond acceptors (Lipinski definition) is 4. The minimum absolute atomic E-state index is 0.0193. The zero-order chi connectivity index (χ0) is 13.7. The van der Waals surface area contributed by atoms with Crippen LogP contribution < -0.4 is 5.32 Å². The summed E-state index contributed by atoms with van der Waals surface area (Å²) in [7, 11) is 0. The molecular weight excluding hydrogens is 238 g/mol. The van der Waals surface area contributed by atoms with E-state index in [-0.39, 0.29) is 6.10 Å². The summed E-state index contributed by atoms with van der Waals surface area (Å²) in [5.74, 6) is 2.43. The third-order valence-electron chi connectivity index (χ3n) is 3.34. The molecule has 1 N–H and O–H groups in total. The maximum atomic E-state index is 5.74. The summed E-state index contributed by atoms with van der Waals surface area (Å²) >= 11 is 0. The predicted octanol–water partition coefficient (Wildman–Crippen LogP) is 3.66. The minimum Gasteiger partial charge on any atom is -0.371 e. The number of hydrogen-bond donors (Lipinski definition) is 1. The summed E-state index contributed by atoms with van der Waals surface area (Å²) in [6, 6.07) is 2.11. The molecular formula is C15H25N3O. The van der Waals surface area contributed by atoms with Crippen LogP contribution in [0, 0.1) is 0 Å². The van der Waals surface area contributed by atoms with Gasteiger partial charge in [-0.15, -0.1) is 0 Å². The fourth-order valence-corrected chi connectivity index (χ4v) is 2.14. The molecule has 1 aromatic heterocycles. The molecule has 0 radical (unpaired) electrons. The molecule has 0 aliphatic heterocycles. The van der Waals surface area contributed by atoms with Crippen molar-refractivity contribution in [3.05, 3.63) is 17.6 Å². The first kappa shape index (κ1) is 14.3. The number of aromatic nitrogens is 2. The molecule has 19 heavy (non-hydrogen) atoms. The first-order valence-corrected chi connectivity index (χ1v) is 7.52. The quantitative estimate of drug-likeness (QED) is 0.777. The first-order valence-electron chi connectivity index (χ1n) is 7.52. The summed E-state index contributed by atoms with van der Waals surface area (Å²) in [4.78, 5) is 9.34. The molecule has 4 heteroatoms. The lowest BCUT2D eigenvalue weighted by Crippen LogP contribution is -2.12. The lowest BCUT2D eigenvalue weighted by Gasteiger charge is -2.16. The lowest BCUT2D eigenvalue weighted by molar-refractivity contribution is 0.0534. The Morgan fingerprint density at radius 2 is 2.11 bits per heavy atom. The molecule has 1 unspecified atom stereocenters. The van der Waals surface area contributed by atoms with Gasteiger partial charge in [-0.2, -0.15) is 0 Å². The Balaban J connectivity index is 2.21. The van der Waals surface area contributed by atoms with Gasteiger partial charge in [-0.3, -0.25) is 0 Å². The van der Waals surface area contributed by atoms with E-state index in [1.54, 1.807) is 0 Å². The molecule has 0 bridgehead atoms. The average molecular weight is 263 g/mol. The Hall–Kier alpha value is -1.16. The molecule has 106 valence electrons. The summed E-state index contributed by atoms with van der Waals surface area (Å²) in [6.07, 6.45) is 4.55. The van der Waals surface area contributed by atoms with Gasteiger partial charge in [0.15, 0.2) is 5.82 Å². The second-order valence-corrected chi connectivity index (χ2v) is 5.09. The summed E-state index contributed by atoms with van der Waals surface area (Å²) in [5.41, 5.74) is 1.18. The Kier molecular flexibility index (Phi) is 5.14. The third-order valence-corrected chi connectivity index (χ3v) is 3.34. The number of nitrogens with one attached hydrogen (secondary N) is 1. The van der Waals surface area contributed by atoms with Crippen molar-refractivity contribution < 1.29 is 4.74 Å². The van der Waals surface area contributed by atoms with Crippen LogP contribution in [0.25, 0.3) is 0 Å². The fourth-order valence-electron chi connectivity index (χ4n) is 2.14. The van der Waals surface area contributed by atoms with E-state index in [1.807, 2.05) is 6.92 Å². The zero-order valence-electron chi connectivity index (χ0n) is 12.3. The van der Waals surface area contributed by atoms with Crippen LogP contribution in [-0.2, 0) is 4.74 Å². The molecule has 0 spiro atoms. The second-order valence-electron chi connectivity index (χ2n) is 5.09. The van der Waals surface area contributed by atoms with Gasteiger partial charge >= 0.3 is 0 Å². The highest BCUT2D eigenvalue weighted by atomic mass is 16.5. The Bertz CT molecular complexity index is 404. The highest BCUT2D eigenvalue weighted by molar-refractivity contribution is 5.38. The van der Waals surface area contributed by atoms with Crippen molar-refractivity contribution in [2.24, 2.45) is 0 Å². The standard InChI is InChI=1S/C15H25N3O/c1-4-9-16-14-10-12(11-7-8-11)17-15(18-14)13(5-2)19-6-3/h10-11,13H,4-9H2,1-3H3,(H,16,17,18). The van der Waals surface area contributed by atoms with Gasteiger partial charge in [0.05, 0.1) is 0 Å². The van der Waals surface area contributed by atoms with Gasteiger partial charge in [0.2, 0.25) is 0 Å². The van der Waals surface area contributed by atoms with E-state index < -0.39 is 0 Å². The smallest absolute Gasteiger partial charge is 0.159 e. The van der Waals surface area contributed by atoms with E-state index in [4.69, 9.17) is 9.72 Å². The van der Waals surface area contributed by atoms with E-state index in [2.05, 4.69) is 30.2 Å². The average Bonchev–Trinajstić information content (AvgIpc) is 3.26. The normalized spacial score (nSPS) is 16.4. The molecule has 4 nitrogen and oxygen atoms in total. The molecule has 1 fully saturated rings. The molecule has 1 aromatic rings. The van der Waals surface area contributed by atoms with Crippen molar-refractivity contribution >= 4 is 5.82 Å². The van der Waals surface area contributed by atoms with E-state index in [1.165, 1.54) is 18.5 Å². The van der Waals surface area contributed by atoms with Crippen molar-refractivity contribution in [3.8, 4) is 0 Å². The van der Waals surface area contributed by atoms with Crippen LogP contribution in [0.1, 0.15) is 70.0 Å².